The monoisotopic (exact) mass is 295 g/mol. The highest BCUT2D eigenvalue weighted by Gasteiger charge is 2.16. The van der Waals surface area contributed by atoms with Crippen molar-refractivity contribution in [1.29, 1.82) is 0 Å². The van der Waals surface area contributed by atoms with E-state index in [9.17, 15) is 9.59 Å². The third kappa shape index (κ3) is 2.71. The molecule has 0 aliphatic heterocycles. The van der Waals surface area contributed by atoms with Crippen molar-refractivity contribution < 1.29 is 9.53 Å². The molecule has 3 rings (SSSR count). The zero-order valence-electron chi connectivity index (χ0n) is 11.8. The van der Waals surface area contributed by atoms with Crippen LogP contribution in [0.2, 0.25) is 0 Å². The fourth-order valence-electron chi connectivity index (χ4n) is 2.07. The van der Waals surface area contributed by atoms with E-state index in [0.717, 1.165) is 0 Å². The number of aromatic nitrogens is 3. The van der Waals surface area contributed by atoms with Crippen LogP contribution in [-0.4, -0.2) is 20.9 Å². The van der Waals surface area contributed by atoms with Crippen molar-refractivity contribution in [2.45, 2.75) is 13.0 Å². The van der Waals surface area contributed by atoms with Crippen molar-refractivity contribution in [3.8, 4) is 0 Å². The van der Waals surface area contributed by atoms with Gasteiger partial charge in [-0.1, -0.05) is 12.1 Å². The van der Waals surface area contributed by atoms with Crippen molar-refractivity contribution in [1.82, 2.24) is 15.0 Å². The molecule has 0 amide bonds. The first kappa shape index (κ1) is 13.9. The van der Waals surface area contributed by atoms with Gasteiger partial charge in [0.1, 0.15) is 0 Å². The summed E-state index contributed by atoms with van der Waals surface area (Å²) in [5, 5.41) is 0.499. The molecule has 0 unspecified atom stereocenters. The van der Waals surface area contributed by atoms with Crippen LogP contribution in [0.1, 0.15) is 29.2 Å². The standard InChI is InChI=1S/C16H13N3O3/c1-10(22-16(21)11-6-8-17-9-7-11)14-18-13-5-3-2-4-12(13)15(20)19-14/h2-10H,1H3,(H,18,19,20)/t10-/m1/s1. The lowest BCUT2D eigenvalue weighted by molar-refractivity contribution is 0.0320. The summed E-state index contributed by atoms with van der Waals surface area (Å²) in [5.41, 5.74) is 0.699. The Hall–Kier alpha value is -3.02. The van der Waals surface area contributed by atoms with Crippen molar-refractivity contribution >= 4 is 16.9 Å². The molecule has 0 saturated carbocycles. The first-order valence-corrected chi connectivity index (χ1v) is 6.75. The topological polar surface area (TPSA) is 84.9 Å². The highest BCUT2D eigenvalue weighted by atomic mass is 16.5. The van der Waals surface area contributed by atoms with E-state index in [1.165, 1.54) is 12.4 Å². The highest BCUT2D eigenvalue weighted by Crippen LogP contribution is 2.16. The quantitative estimate of drug-likeness (QED) is 0.749. The minimum Gasteiger partial charge on any atom is -0.451 e. The number of rotatable bonds is 3. The maximum atomic E-state index is 12.0. The Morgan fingerprint density at radius 1 is 1.18 bits per heavy atom. The molecule has 6 nitrogen and oxygen atoms in total. The molecule has 0 saturated heterocycles. The van der Waals surface area contributed by atoms with Crippen LogP contribution in [0, 0.1) is 0 Å². The molecular formula is C16H13N3O3. The molecule has 1 atom stereocenters. The number of nitrogens with zero attached hydrogens (tertiary/aromatic N) is 2. The molecule has 0 aliphatic rings. The van der Waals surface area contributed by atoms with Crippen LogP contribution in [0.25, 0.3) is 10.9 Å². The SMILES string of the molecule is C[C@@H](OC(=O)c1ccncc1)c1nc2ccccc2c(=O)[nH]1. The molecular weight excluding hydrogens is 282 g/mol. The minimum atomic E-state index is -0.669. The van der Waals surface area contributed by atoms with Crippen LogP contribution in [0.4, 0.5) is 0 Å². The Balaban J connectivity index is 1.88. The summed E-state index contributed by atoms with van der Waals surface area (Å²) >= 11 is 0. The minimum absolute atomic E-state index is 0.257. The Kier molecular flexibility index (Phi) is 3.65. The van der Waals surface area contributed by atoms with E-state index in [0.29, 0.717) is 22.3 Å². The molecule has 1 N–H and O–H groups in total. The first-order chi connectivity index (χ1) is 10.6. The second kappa shape index (κ2) is 5.77. The number of aromatic amines is 1. The summed E-state index contributed by atoms with van der Waals surface area (Å²) in [6.45, 7) is 1.66. The molecule has 110 valence electrons. The molecule has 22 heavy (non-hydrogen) atoms. The summed E-state index contributed by atoms with van der Waals surface area (Å²) < 4.78 is 5.33. The number of carbonyl (C=O) groups is 1. The molecule has 3 aromatic rings. The van der Waals surface area contributed by atoms with E-state index in [2.05, 4.69) is 15.0 Å². The van der Waals surface area contributed by atoms with Crippen molar-refractivity contribution in [2.24, 2.45) is 0 Å². The van der Waals surface area contributed by atoms with Gasteiger partial charge in [0.25, 0.3) is 5.56 Å². The number of nitrogens with one attached hydrogen (secondary N) is 1. The summed E-state index contributed by atoms with van der Waals surface area (Å²) in [6, 6.07) is 10.1. The van der Waals surface area contributed by atoms with Gasteiger partial charge in [-0.15, -0.1) is 0 Å². The number of esters is 1. The molecule has 0 radical (unpaired) electrons. The third-order valence-corrected chi connectivity index (χ3v) is 3.22. The van der Waals surface area contributed by atoms with Crippen LogP contribution in [0.15, 0.2) is 53.6 Å². The summed E-state index contributed by atoms with van der Waals surface area (Å²) in [7, 11) is 0. The van der Waals surface area contributed by atoms with E-state index >= 15 is 0 Å². The lowest BCUT2D eigenvalue weighted by atomic mass is 10.2. The van der Waals surface area contributed by atoms with Crippen LogP contribution >= 0.6 is 0 Å². The second-order valence-electron chi connectivity index (χ2n) is 4.75. The fourth-order valence-corrected chi connectivity index (χ4v) is 2.07. The molecule has 6 heteroatoms. The number of benzene rings is 1. The van der Waals surface area contributed by atoms with E-state index in [4.69, 9.17) is 4.74 Å². The molecule has 0 fully saturated rings. The van der Waals surface area contributed by atoms with Crippen molar-refractivity contribution in [3.05, 3.63) is 70.5 Å². The van der Waals surface area contributed by atoms with Crippen LogP contribution in [-0.2, 0) is 4.74 Å². The molecule has 0 spiro atoms. The number of H-pyrrole nitrogens is 1. The van der Waals surface area contributed by atoms with Gasteiger partial charge in [0.2, 0.25) is 0 Å². The number of fused-ring (bicyclic) bond motifs is 1. The maximum Gasteiger partial charge on any atom is 0.338 e. The zero-order chi connectivity index (χ0) is 15.5. The Morgan fingerprint density at radius 2 is 1.91 bits per heavy atom. The number of carbonyl (C=O) groups excluding carboxylic acids is 1. The summed E-state index contributed by atoms with van der Waals surface area (Å²) in [4.78, 5) is 34.9. The van der Waals surface area contributed by atoms with Crippen LogP contribution in [0.3, 0.4) is 0 Å². The van der Waals surface area contributed by atoms with Crippen LogP contribution < -0.4 is 5.56 Å². The number of hydrogen-bond donors (Lipinski definition) is 1. The average Bonchev–Trinajstić information content (AvgIpc) is 2.55. The van der Waals surface area contributed by atoms with Gasteiger partial charge >= 0.3 is 5.97 Å². The van der Waals surface area contributed by atoms with Gasteiger partial charge in [0, 0.05) is 12.4 Å². The fraction of sp³-hybridized carbons (Fsp3) is 0.125. The summed E-state index contributed by atoms with van der Waals surface area (Å²) in [5.74, 6) is -0.184. The Bertz CT molecular complexity index is 874. The van der Waals surface area contributed by atoms with E-state index < -0.39 is 12.1 Å². The normalized spacial score (nSPS) is 12.0. The van der Waals surface area contributed by atoms with Crippen molar-refractivity contribution in [2.75, 3.05) is 0 Å². The molecule has 0 aliphatic carbocycles. The highest BCUT2D eigenvalue weighted by molar-refractivity contribution is 5.89. The van der Waals surface area contributed by atoms with Crippen LogP contribution in [0.5, 0.6) is 0 Å². The average molecular weight is 295 g/mol. The van der Waals surface area contributed by atoms with E-state index in [1.807, 2.05) is 0 Å². The third-order valence-electron chi connectivity index (χ3n) is 3.22. The molecule has 1 aromatic carbocycles. The smallest absolute Gasteiger partial charge is 0.338 e. The lowest BCUT2D eigenvalue weighted by Gasteiger charge is -2.13. The molecule has 2 heterocycles. The predicted molar refractivity (Wildman–Crippen MR) is 80.4 cm³/mol. The number of hydrogen-bond acceptors (Lipinski definition) is 5. The van der Waals surface area contributed by atoms with Gasteiger partial charge in [0.15, 0.2) is 11.9 Å². The zero-order valence-corrected chi connectivity index (χ0v) is 11.8. The molecule has 0 bridgehead atoms. The Labute approximate surface area is 125 Å². The number of ether oxygens (including phenoxy) is 1. The van der Waals surface area contributed by atoms with Gasteiger partial charge in [-0.25, -0.2) is 9.78 Å². The van der Waals surface area contributed by atoms with E-state index in [1.54, 1.807) is 43.3 Å². The molecule has 2 aromatic heterocycles. The Morgan fingerprint density at radius 3 is 2.68 bits per heavy atom. The van der Waals surface area contributed by atoms with Gasteiger partial charge < -0.3 is 9.72 Å². The van der Waals surface area contributed by atoms with Crippen molar-refractivity contribution in [3.63, 3.8) is 0 Å². The summed E-state index contributed by atoms with van der Waals surface area (Å²) in [6.07, 6.45) is 2.35. The van der Waals surface area contributed by atoms with Gasteiger partial charge in [0.05, 0.1) is 16.5 Å². The van der Waals surface area contributed by atoms with E-state index in [-0.39, 0.29) is 5.56 Å². The number of para-hydroxylation sites is 1. The largest absolute Gasteiger partial charge is 0.451 e. The number of pyridine rings is 1. The predicted octanol–water partition coefficient (Wildman–Crippen LogP) is 2.24. The maximum absolute atomic E-state index is 12.0. The first-order valence-electron chi connectivity index (χ1n) is 6.75. The second-order valence-corrected chi connectivity index (χ2v) is 4.75. The lowest BCUT2D eigenvalue weighted by Crippen LogP contribution is -2.17. The van der Waals surface area contributed by atoms with Gasteiger partial charge in [-0.3, -0.25) is 9.78 Å². The van der Waals surface area contributed by atoms with Gasteiger partial charge in [-0.2, -0.15) is 0 Å². The van der Waals surface area contributed by atoms with Gasteiger partial charge in [-0.05, 0) is 31.2 Å².